The van der Waals surface area contributed by atoms with Crippen LogP contribution in [0.4, 0.5) is 5.82 Å². The molecule has 0 radical (unpaired) electrons. The van der Waals surface area contributed by atoms with E-state index in [0.29, 0.717) is 5.82 Å². The summed E-state index contributed by atoms with van der Waals surface area (Å²) >= 11 is 0. The second kappa shape index (κ2) is 10.4. The number of hydrogen-bond acceptors (Lipinski definition) is 6. The van der Waals surface area contributed by atoms with Crippen LogP contribution in [0, 0.1) is 0 Å². The summed E-state index contributed by atoms with van der Waals surface area (Å²) in [6.07, 6.45) is 12.4. The van der Waals surface area contributed by atoms with E-state index in [1.807, 2.05) is 9.20 Å². The summed E-state index contributed by atoms with van der Waals surface area (Å²) in [6, 6.07) is 17.4. The quantitative estimate of drug-likeness (QED) is 0.332. The normalized spacial score (nSPS) is 16.7. The van der Waals surface area contributed by atoms with Crippen LogP contribution in [0.25, 0.3) is 38.8 Å². The van der Waals surface area contributed by atoms with Crippen molar-refractivity contribution in [1.82, 2.24) is 34.2 Å². The molecular weight excluding hydrogens is 496 g/mol. The highest BCUT2D eigenvalue weighted by Crippen LogP contribution is 2.36. The topological polar surface area (TPSA) is 80.5 Å². The lowest BCUT2D eigenvalue weighted by atomic mass is 10.0. The second-order valence-electron chi connectivity index (χ2n) is 11.0. The van der Waals surface area contributed by atoms with Gasteiger partial charge in [0.05, 0.1) is 17.8 Å². The fourth-order valence-corrected chi connectivity index (χ4v) is 5.85. The maximum absolute atomic E-state index is 6.43. The van der Waals surface area contributed by atoms with Crippen molar-refractivity contribution in [3.05, 3.63) is 90.4 Å². The molecule has 2 aliphatic rings. The van der Waals surface area contributed by atoms with E-state index in [1.165, 1.54) is 17.5 Å². The molecule has 8 nitrogen and oxygen atoms in total. The van der Waals surface area contributed by atoms with Crippen LogP contribution < -0.4 is 5.73 Å². The van der Waals surface area contributed by atoms with E-state index in [0.717, 1.165) is 90.9 Å². The van der Waals surface area contributed by atoms with Gasteiger partial charge in [-0.2, -0.15) is 10.2 Å². The van der Waals surface area contributed by atoms with Gasteiger partial charge >= 0.3 is 0 Å². The van der Waals surface area contributed by atoms with Gasteiger partial charge in [-0.05, 0) is 48.7 Å². The number of likely N-dealkylation sites (N-methyl/N-ethyl adjacent to an activating group) is 1. The molecule has 2 aromatic carbocycles. The summed E-state index contributed by atoms with van der Waals surface area (Å²) in [6.45, 7) is 6.26. The van der Waals surface area contributed by atoms with Crippen molar-refractivity contribution in [3.8, 4) is 22.4 Å². The lowest BCUT2D eigenvalue weighted by molar-refractivity contribution is 0.148. The molecule has 5 aromatic rings. The molecule has 4 heterocycles. The monoisotopic (exact) mass is 530 g/mol. The number of allylic oxidation sites excluding steroid dienone is 4. The van der Waals surface area contributed by atoms with Gasteiger partial charge in [-0.1, -0.05) is 54.6 Å². The Hall–Kier alpha value is -4.27. The number of rotatable bonds is 6. The smallest absolute Gasteiger partial charge is 0.152 e. The number of aromatic nitrogens is 5. The zero-order chi connectivity index (χ0) is 27.1. The summed E-state index contributed by atoms with van der Waals surface area (Å²) in [5.41, 5.74) is 15.1. The lowest BCUT2D eigenvalue weighted by Gasteiger charge is -2.32. The third kappa shape index (κ3) is 4.80. The molecule has 1 aliphatic carbocycles. The first kappa shape index (κ1) is 24.7. The molecule has 1 saturated heterocycles. The standard InChI is InChI=1S/C32H34N8/c1-37-13-15-38(16-14-37)19-24-7-9-25(10-8-24)30-18-28(31-32(33)34-22-35-40(30)31)26-11-12-27-21-39(36-29(27)17-26)20-23-5-3-2-4-6-23/h2-3,5,7-12,17-18,21-22H,4,6,13-16,19-20H2,1H3,(H2,33,34,35). The highest BCUT2D eigenvalue weighted by atomic mass is 15.3. The Kier molecular flexibility index (Phi) is 6.42. The summed E-state index contributed by atoms with van der Waals surface area (Å²) in [4.78, 5) is 9.23. The molecule has 7 rings (SSSR count). The summed E-state index contributed by atoms with van der Waals surface area (Å²) in [5.74, 6) is 0.464. The summed E-state index contributed by atoms with van der Waals surface area (Å²) in [7, 11) is 2.19. The van der Waals surface area contributed by atoms with Gasteiger partial charge in [-0.25, -0.2) is 9.50 Å². The number of nitrogens with zero attached hydrogens (tertiary/aromatic N) is 7. The van der Waals surface area contributed by atoms with Crippen molar-refractivity contribution < 1.29 is 0 Å². The van der Waals surface area contributed by atoms with E-state index in [1.54, 1.807) is 0 Å². The van der Waals surface area contributed by atoms with E-state index < -0.39 is 0 Å². The second-order valence-corrected chi connectivity index (χ2v) is 11.0. The molecule has 8 heteroatoms. The number of benzene rings is 2. The third-order valence-electron chi connectivity index (χ3n) is 8.17. The maximum Gasteiger partial charge on any atom is 0.152 e. The number of fused-ring (bicyclic) bond motifs is 2. The van der Waals surface area contributed by atoms with Crippen LogP contribution in [0.2, 0.25) is 0 Å². The van der Waals surface area contributed by atoms with Gasteiger partial charge in [0.15, 0.2) is 5.82 Å². The minimum atomic E-state index is 0.464. The molecule has 0 unspecified atom stereocenters. The van der Waals surface area contributed by atoms with Crippen LogP contribution in [0.5, 0.6) is 0 Å². The maximum atomic E-state index is 6.43. The van der Waals surface area contributed by atoms with Gasteiger partial charge in [0.2, 0.25) is 0 Å². The Bertz CT molecular complexity index is 1730. The largest absolute Gasteiger partial charge is 0.382 e. The molecule has 1 fully saturated rings. The Labute approximate surface area is 234 Å². The minimum Gasteiger partial charge on any atom is -0.382 e. The predicted octanol–water partition coefficient (Wildman–Crippen LogP) is 5.02. The zero-order valence-corrected chi connectivity index (χ0v) is 22.9. The number of anilines is 1. The van der Waals surface area contributed by atoms with Crippen LogP contribution in [0.1, 0.15) is 18.4 Å². The fraction of sp³-hybridized carbons (Fsp3) is 0.281. The van der Waals surface area contributed by atoms with Gasteiger partial charge in [-0.15, -0.1) is 0 Å². The summed E-state index contributed by atoms with van der Waals surface area (Å²) < 4.78 is 3.96. The molecule has 2 N–H and O–H groups in total. The Morgan fingerprint density at radius 3 is 2.55 bits per heavy atom. The Morgan fingerprint density at radius 1 is 0.925 bits per heavy atom. The van der Waals surface area contributed by atoms with Crippen LogP contribution in [0.15, 0.2) is 84.9 Å². The first-order chi connectivity index (χ1) is 19.6. The number of nitrogen functional groups attached to an aromatic ring is 1. The van der Waals surface area contributed by atoms with Crippen LogP contribution in [-0.4, -0.2) is 67.4 Å². The molecule has 40 heavy (non-hydrogen) atoms. The van der Waals surface area contributed by atoms with Crippen molar-refractivity contribution in [1.29, 1.82) is 0 Å². The highest BCUT2D eigenvalue weighted by Gasteiger charge is 2.18. The van der Waals surface area contributed by atoms with Crippen molar-refractivity contribution >= 4 is 22.2 Å². The molecule has 0 amide bonds. The van der Waals surface area contributed by atoms with Gasteiger partial charge in [-0.3, -0.25) is 9.58 Å². The molecule has 3 aromatic heterocycles. The average Bonchev–Trinajstić information content (AvgIpc) is 3.57. The van der Waals surface area contributed by atoms with Gasteiger partial charge < -0.3 is 10.6 Å². The van der Waals surface area contributed by atoms with Gasteiger partial charge in [0, 0.05) is 55.4 Å². The number of nitrogens with two attached hydrogens (primary N) is 1. The highest BCUT2D eigenvalue weighted by molar-refractivity contribution is 5.94. The van der Waals surface area contributed by atoms with Gasteiger partial charge in [0.1, 0.15) is 11.8 Å². The molecule has 202 valence electrons. The zero-order valence-electron chi connectivity index (χ0n) is 22.9. The summed E-state index contributed by atoms with van der Waals surface area (Å²) in [5, 5.41) is 10.6. The van der Waals surface area contributed by atoms with E-state index >= 15 is 0 Å². The lowest BCUT2D eigenvalue weighted by Crippen LogP contribution is -2.43. The van der Waals surface area contributed by atoms with E-state index in [4.69, 9.17) is 10.8 Å². The number of piperazine rings is 1. The Balaban J connectivity index is 1.21. The minimum absolute atomic E-state index is 0.464. The molecule has 1 aliphatic heterocycles. The van der Waals surface area contributed by atoms with E-state index in [-0.39, 0.29) is 0 Å². The molecular formula is C32H34N8. The average molecular weight is 531 g/mol. The molecule has 0 saturated carbocycles. The van der Waals surface area contributed by atoms with Gasteiger partial charge in [0.25, 0.3) is 0 Å². The molecule has 0 bridgehead atoms. The third-order valence-corrected chi connectivity index (χ3v) is 8.17. The molecule has 0 spiro atoms. The van der Waals surface area contributed by atoms with Crippen LogP contribution >= 0.6 is 0 Å². The SMILES string of the molecule is CN1CCN(Cc2ccc(-c3cc(-c4ccc5cn(CC6=CC=CCC6)nc5c4)c4c(N)ncnn34)cc2)CC1. The van der Waals surface area contributed by atoms with Crippen molar-refractivity contribution in [2.24, 2.45) is 0 Å². The van der Waals surface area contributed by atoms with Crippen LogP contribution in [0.3, 0.4) is 0 Å². The first-order valence-corrected chi connectivity index (χ1v) is 14.1. The fourth-order valence-electron chi connectivity index (χ4n) is 5.85. The molecule has 0 atom stereocenters. The van der Waals surface area contributed by atoms with Crippen LogP contribution in [-0.2, 0) is 13.1 Å². The predicted molar refractivity (Wildman–Crippen MR) is 161 cm³/mol. The Morgan fingerprint density at radius 2 is 1.75 bits per heavy atom. The van der Waals surface area contributed by atoms with Crippen molar-refractivity contribution in [2.75, 3.05) is 39.0 Å². The van der Waals surface area contributed by atoms with E-state index in [2.05, 4.69) is 99.9 Å². The van der Waals surface area contributed by atoms with E-state index in [9.17, 15) is 0 Å². The first-order valence-electron chi connectivity index (χ1n) is 14.1. The van der Waals surface area contributed by atoms with Crippen molar-refractivity contribution in [3.63, 3.8) is 0 Å². The van der Waals surface area contributed by atoms with Crippen molar-refractivity contribution in [2.45, 2.75) is 25.9 Å². The number of hydrogen-bond donors (Lipinski definition) is 1.